The van der Waals surface area contributed by atoms with Crippen LogP contribution in [0.2, 0.25) is 0 Å². The van der Waals surface area contributed by atoms with Crippen LogP contribution in [-0.2, 0) is 0 Å². The van der Waals surface area contributed by atoms with Crippen LogP contribution in [0.15, 0.2) is 65.1 Å². The first kappa shape index (κ1) is 18.7. The summed E-state index contributed by atoms with van der Waals surface area (Å²) in [4.78, 5) is 25.5. The standard InChI is InChI=1S/C24H18N2O5/c1-13-6-8-19-17(10-13)26-23(27)16-12-15(7-9-18(16)30-19)25-24(28)21-11-14-4-3-5-20(29-2)22(14)31-21/h3-12H,1-2H3,(H,25,28)(H,26,27). The van der Waals surface area contributed by atoms with Crippen molar-refractivity contribution < 1.29 is 23.5 Å². The molecule has 1 aliphatic rings. The smallest absolute Gasteiger partial charge is 0.291 e. The number of fused-ring (bicyclic) bond motifs is 3. The molecule has 2 N–H and O–H groups in total. The van der Waals surface area contributed by atoms with Gasteiger partial charge in [0.2, 0.25) is 0 Å². The Morgan fingerprint density at radius 3 is 2.71 bits per heavy atom. The molecule has 31 heavy (non-hydrogen) atoms. The highest BCUT2D eigenvalue weighted by Gasteiger charge is 2.22. The fraction of sp³-hybridized carbons (Fsp3) is 0.0833. The van der Waals surface area contributed by atoms with Gasteiger partial charge in [-0.3, -0.25) is 9.59 Å². The summed E-state index contributed by atoms with van der Waals surface area (Å²) in [5, 5.41) is 6.38. The highest BCUT2D eigenvalue weighted by Crippen LogP contribution is 2.37. The zero-order valence-electron chi connectivity index (χ0n) is 16.8. The van der Waals surface area contributed by atoms with Gasteiger partial charge in [0.1, 0.15) is 5.75 Å². The minimum absolute atomic E-state index is 0.137. The van der Waals surface area contributed by atoms with Gasteiger partial charge in [-0.15, -0.1) is 0 Å². The first-order valence-electron chi connectivity index (χ1n) is 9.63. The molecule has 4 aromatic rings. The number of ether oxygens (including phenoxy) is 2. The minimum atomic E-state index is -0.438. The lowest BCUT2D eigenvalue weighted by molar-refractivity contribution is 0.0995. The summed E-state index contributed by atoms with van der Waals surface area (Å²) >= 11 is 0. The third kappa shape index (κ3) is 3.36. The fourth-order valence-electron chi connectivity index (χ4n) is 3.51. The summed E-state index contributed by atoms with van der Waals surface area (Å²) in [6.45, 7) is 1.94. The van der Waals surface area contributed by atoms with Crippen molar-refractivity contribution >= 4 is 34.2 Å². The van der Waals surface area contributed by atoms with Crippen LogP contribution in [0.3, 0.4) is 0 Å². The summed E-state index contributed by atoms with van der Waals surface area (Å²) in [6.07, 6.45) is 0. The van der Waals surface area contributed by atoms with Gasteiger partial charge in [0, 0.05) is 11.1 Å². The number of carbonyl (C=O) groups is 2. The van der Waals surface area contributed by atoms with Gasteiger partial charge in [0.15, 0.2) is 22.8 Å². The predicted octanol–water partition coefficient (Wildman–Crippen LogP) is 5.36. The number of furan rings is 1. The number of amides is 2. The van der Waals surface area contributed by atoms with Gasteiger partial charge in [-0.1, -0.05) is 18.2 Å². The normalized spacial score (nSPS) is 12.3. The number of carbonyl (C=O) groups excluding carboxylic acids is 2. The number of hydrogen-bond donors (Lipinski definition) is 2. The molecule has 0 saturated carbocycles. The van der Waals surface area contributed by atoms with Crippen LogP contribution in [0.5, 0.6) is 17.2 Å². The van der Waals surface area contributed by atoms with E-state index in [0.29, 0.717) is 39.8 Å². The maximum Gasteiger partial charge on any atom is 0.291 e. The SMILES string of the molecule is COc1cccc2cc(C(=O)Nc3ccc4c(c3)C(=O)Nc3cc(C)ccc3O4)oc12. The van der Waals surface area contributed by atoms with Gasteiger partial charge >= 0.3 is 0 Å². The molecule has 1 aromatic heterocycles. The number of aryl methyl sites for hydroxylation is 1. The van der Waals surface area contributed by atoms with Crippen LogP contribution in [-0.4, -0.2) is 18.9 Å². The molecule has 7 nitrogen and oxygen atoms in total. The van der Waals surface area contributed by atoms with Crippen LogP contribution >= 0.6 is 0 Å². The van der Waals surface area contributed by atoms with E-state index in [0.717, 1.165) is 10.9 Å². The summed E-state index contributed by atoms with van der Waals surface area (Å²) in [7, 11) is 1.54. The Morgan fingerprint density at radius 1 is 1.03 bits per heavy atom. The second-order valence-electron chi connectivity index (χ2n) is 7.21. The Morgan fingerprint density at radius 2 is 1.87 bits per heavy atom. The van der Waals surface area contributed by atoms with Gasteiger partial charge in [-0.25, -0.2) is 0 Å². The van der Waals surface area contributed by atoms with E-state index in [4.69, 9.17) is 13.9 Å². The maximum absolute atomic E-state index is 12.7. The van der Waals surface area contributed by atoms with Crippen molar-refractivity contribution in [1.29, 1.82) is 0 Å². The Bertz CT molecular complexity index is 1360. The Balaban J connectivity index is 1.43. The lowest BCUT2D eigenvalue weighted by Crippen LogP contribution is -2.13. The van der Waals surface area contributed by atoms with Crippen molar-refractivity contribution in [2.45, 2.75) is 6.92 Å². The molecule has 0 spiro atoms. The molecule has 0 radical (unpaired) electrons. The van der Waals surface area contributed by atoms with Gasteiger partial charge in [-0.2, -0.15) is 0 Å². The molecule has 7 heteroatoms. The molecule has 0 bridgehead atoms. The van der Waals surface area contributed by atoms with Crippen molar-refractivity contribution in [3.05, 3.63) is 77.6 Å². The van der Waals surface area contributed by atoms with Crippen molar-refractivity contribution in [2.24, 2.45) is 0 Å². The summed E-state index contributed by atoms with van der Waals surface area (Å²) in [6, 6.07) is 17.5. The topological polar surface area (TPSA) is 89.8 Å². The second kappa shape index (κ2) is 7.21. The number of para-hydroxylation sites is 1. The first-order valence-corrected chi connectivity index (χ1v) is 9.63. The third-order valence-corrected chi connectivity index (χ3v) is 5.04. The molecule has 0 saturated heterocycles. The van der Waals surface area contributed by atoms with Crippen LogP contribution in [0, 0.1) is 6.92 Å². The molecule has 2 amide bonds. The average molecular weight is 414 g/mol. The average Bonchev–Trinajstić information content (AvgIpc) is 3.15. The second-order valence-corrected chi connectivity index (χ2v) is 7.21. The lowest BCUT2D eigenvalue weighted by atomic mass is 10.1. The van der Waals surface area contributed by atoms with Crippen LogP contribution in [0.4, 0.5) is 11.4 Å². The Kier molecular flexibility index (Phi) is 4.36. The van der Waals surface area contributed by atoms with Gasteiger partial charge < -0.3 is 24.5 Å². The number of nitrogens with one attached hydrogen (secondary N) is 2. The fourth-order valence-corrected chi connectivity index (χ4v) is 3.51. The molecular weight excluding hydrogens is 396 g/mol. The Hall–Kier alpha value is -4.26. The number of anilines is 2. The van der Waals surface area contributed by atoms with E-state index >= 15 is 0 Å². The van der Waals surface area contributed by atoms with Gasteiger partial charge in [0.25, 0.3) is 11.8 Å². The van der Waals surface area contributed by atoms with Crippen molar-refractivity contribution in [1.82, 2.24) is 0 Å². The number of benzene rings is 3. The predicted molar refractivity (Wildman–Crippen MR) is 116 cm³/mol. The summed E-state index contributed by atoms with van der Waals surface area (Å²) in [5.74, 6) is 0.900. The highest BCUT2D eigenvalue weighted by atomic mass is 16.5. The maximum atomic E-state index is 12.7. The molecule has 154 valence electrons. The van der Waals surface area contributed by atoms with Crippen LogP contribution in [0.25, 0.3) is 11.0 Å². The van der Waals surface area contributed by atoms with E-state index in [-0.39, 0.29) is 11.7 Å². The van der Waals surface area contributed by atoms with Gasteiger partial charge in [-0.05, 0) is 55.0 Å². The number of methoxy groups -OCH3 is 1. The molecular formula is C24H18N2O5. The monoisotopic (exact) mass is 414 g/mol. The van der Waals surface area contributed by atoms with E-state index in [2.05, 4.69) is 10.6 Å². The molecule has 0 atom stereocenters. The molecule has 5 rings (SSSR count). The summed E-state index contributed by atoms with van der Waals surface area (Å²) in [5.41, 5.74) is 2.86. The molecule has 0 fully saturated rings. The van der Waals surface area contributed by atoms with E-state index in [1.807, 2.05) is 37.3 Å². The molecule has 0 aliphatic carbocycles. The zero-order chi connectivity index (χ0) is 21.5. The van der Waals surface area contributed by atoms with E-state index in [9.17, 15) is 9.59 Å². The quantitative estimate of drug-likeness (QED) is 0.471. The molecule has 2 heterocycles. The van der Waals surface area contributed by atoms with Crippen molar-refractivity contribution in [2.75, 3.05) is 17.7 Å². The molecule has 0 unspecified atom stereocenters. The van der Waals surface area contributed by atoms with Crippen molar-refractivity contribution in [3.8, 4) is 17.2 Å². The highest BCUT2D eigenvalue weighted by molar-refractivity contribution is 6.10. The number of rotatable bonds is 3. The Labute approximate surface area is 177 Å². The zero-order valence-corrected chi connectivity index (χ0v) is 16.8. The lowest BCUT2D eigenvalue weighted by Gasteiger charge is -2.09. The van der Waals surface area contributed by atoms with E-state index < -0.39 is 5.91 Å². The largest absolute Gasteiger partial charge is 0.493 e. The summed E-state index contributed by atoms with van der Waals surface area (Å²) < 4.78 is 16.9. The van der Waals surface area contributed by atoms with Crippen LogP contribution < -0.4 is 20.1 Å². The van der Waals surface area contributed by atoms with Gasteiger partial charge in [0.05, 0.1) is 18.4 Å². The molecule has 3 aromatic carbocycles. The van der Waals surface area contributed by atoms with Crippen molar-refractivity contribution in [3.63, 3.8) is 0 Å². The first-order chi connectivity index (χ1) is 15.0. The van der Waals surface area contributed by atoms with Crippen LogP contribution in [0.1, 0.15) is 26.5 Å². The van der Waals surface area contributed by atoms with E-state index in [1.54, 1.807) is 37.4 Å². The molecule has 1 aliphatic heterocycles. The minimum Gasteiger partial charge on any atom is -0.493 e. The third-order valence-electron chi connectivity index (χ3n) is 5.04. The number of hydrogen-bond acceptors (Lipinski definition) is 5. The van der Waals surface area contributed by atoms with E-state index in [1.165, 1.54) is 0 Å².